The van der Waals surface area contributed by atoms with Crippen LogP contribution in [0, 0.1) is 5.92 Å². The van der Waals surface area contributed by atoms with E-state index in [4.69, 9.17) is 17.3 Å². The van der Waals surface area contributed by atoms with Crippen molar-refractivity contribution in [2.45, 2.75) is 25.3 Å². The molecule has 2 atom stereocenters. The van der Waals surface area contributed by atoms with Gasteiger partial charge in [-0.1, -0.05) is 18.0 Å². The molecule has 0 saturated heterocycles. The molecule has 4 nitrogen and oxygen atoms in total. The molecular formula is C14H20ClN3O. The van der Waals surface area contributed by atoms with Gasteiger partial charge in [-0.05, 0) is 43.5 Å². The number of benzene rings is 1. The Bertz CT molecular complexity index is 464. The smallest absolute Gasteiger partial charge is 0.252 e. The van der Waals surface area contributed by atoms with Crippen molar-refractivity contribution < 1.29 is 4.79 Å². The van der Waals surface area contributed by atoms with Crippen LogP contribution in [0.3, 0.4) is 0 Å². The number of hydrogen-bond acceptors (Lipinski definition) is 3. The summed E-state index contributed by atoms with van der Waals surface area (Å²) in [4.78, 5) is 11.7. The molecule has 1 amide bonds. The highest BCUT2D eigenvalue weighted by Crippen LogP contribution is 2.29. The Kier molecular flexibility index (Phi) is 4.66. The topological polar surface area (TPSA) is 67.2 Å². The van der Waals surface area contributed by atoms with Crippen LogP contribution in [-0.2, 0) is 0 Å². The van der Waals surface area contributed by atoms with E-state index in [2.05, 4.69) is 10.6 Å². The van der Waals surface area contributed by atoms with Crippen LogP contribution in [0.1, 0.15) is 29.6 Å². The van der Waals surface area contributed by atoms with Crippen LogP contribution in [0.5, 0.6) is 0 Å². The van der Waals surface area contributed by atoms with E-state index in [0.717, 1.165) is 12.1 Å². The first-order chi connectivity index (χ1) is 9.15. The molecule has 1 aliphatic carbocycles. The predicted molar refractivity (Wildman–Crippen MR) is 78.6 cm³/mol. The van der Waals surface area contributed by atoms with Gasteiger partial charge in [0.15, 0.2) is 0 Å². The zero-order valence-electron chi connectivity index (χ0n) is 11.1. The molecule has 0 spiro atoms. The lowest BCUT2D eigenvalue weighted by Gasteiger charge is -2.21. The molecule has 19 heavy (non-hydrogen) atoms. The molecule has 2 unspecified atom stereocenters. The van der Waals surface area contributed by atoms with E-state index in [-0.39, 0.29) is 5.91 Å². The van der Waals surface area contributed by atoms with Gasteiger partial charge in [0.2, 0.25) is 0 Å². The lowest BCUT2D eigenvalue weighted by molar-refractivity contribution is 0.0963. The van der Waals surface area contributed by atoms with Crippen LogP contribution in [0.4, 0.5) is 5.69 Å². The number of amides is 1. The summed E-state index contributed by atoms with van der Waals surface area (Å²) < 4.78 is 0. The Morgan fingerprint density at radius 3 is 2.95 bits per heavy atom. The van der Waals surface area contributed by atoms with Crippen molar-refractivity contribution >= 4 is 23.2 Å². The minimum absolute atomic E-state index is 0.171. The van der Waals surface area contributed by atoms with E-state index in [1.807, 2.05) is 6.07 Å². The van der Waals surface area contributed by atoms with Crippen LogP contribution in [0.15, 0.2) is 18.2 Å². The number of nitrogens with one attached hydrogen (secondary N) is 2. The minimum atomic E-state index is -0.171. The van der Waals surface area contributed by atoms with Gasteiger partial charge in [-0.2, -0.15) is 0 Å². The minimum Gasteiger partial charge on any atom is -0.382 e. The lowest BCUT2D eigenvalue weighted by atomic mass is 10.0. The van der Waals surface area contributed by atoms with Gasteiger partial charge in [-0.3, -0.25) is 4.79 Å². The van der Waals surface area contributed by atoms with Gasteiger partial charge in [-0.25, -0.2) is 0 Å². The van der Waals surface area contributed by atoms with Crippen molar-refractivity contribution in [1.82, 2.24) is 5.32 Å². The first-order valence-corrected chi connectivity index (χ1v) is 7.01. The molecule has 0 aromatic heterocycles. The molecule has 0 bridgehead atoms. The number of carbonyl (C=O) groups excluding carboxylic acids is 1. The normalized spacial score (nSPS) is 22.3. The van der Waals surface area contributed by atoms with Crippen LogP contribution in [0.25, 0.3) is 0 Å². The van der Waals surface area contributed by atoms with E-state index in [1.54, 1.807) is 19.2 Å². The second-order valence-corrected chi connectivity index (χ2v) is 5.36. The molecular weight excluding hydrogens is 262 g/mol. The highest BCUT2D eigenvalue weighted by atomic mass is 35.5. The second kappa shape index (κ2) is 6.26. The quantitative estimate of drug-likeness (QED) is 0.793. The molecule has 2 rings (SSSR count). The third-order valence-electron chi connectivity index (χ3n) is 3.75. The summed E-state index contributed by atoms with van der Waals surface area (Å²) >= 11 is 6.03. The van der Waals surface area contributed by atoms with E-state index >= 15 is 0 Å². The molecule has 1 aromatic carbocycles. The fourth-order valence-electron chi connectivity index (χ4n) is 2.65. The molecule has 0 radical (unpaired) electrons. The van der Waals surface area contributed by atoms with E-state index in [0.29, 0.717) is 29.1 Å². The van der Waals surface area contributed by atoms with Gasteiger partial charge in [-0.15, -0.1) is 0 Å². The first kappa shape index (κ1) is 14.2. The van der Waals surface area contributed by atoms with Crippen molar-refractivity contribution in [3.05, 3.63) is 28.8 Å². The molecule has 1 saturated carbocycles. The Morgan fingerprint density at radius 2 is 2.26 bits per heavy atom. The Labute approximate surface area is 118 Å². The monoisotopic (exact) mass is 281 g/mol. The molecule has 4 N–H and O–H groups in total. The fourth-order valence-corrected chi connectivity index (χ4v) is 2.85. The number of hydrogen-bond donors (Lipinski definition) is 3. The third kappa shape index (κ3) is 3.19. The molecule has 0 heterocycles. The largest absolute Gasteiger partial charge is 0.382 e. The summed E-state index contributed by atoms with van der Waals surface area (Å²) in [7, 11) is 1.60. The number of halogens is 1. The van der Waals surface area contributed by atoms with Gasteiger partial charge < -0.3 is 16.4 Å². The maximum absolute atomic E-state index is 11.7. The number of rotatable bonds is 4. The van der Waals surface area contributed by atoms with Crippen LogP contribution >= 0.6 is 11.6 Å². The van der Waals surface area contributed by atoms with Crippen molar-refractivity contribution in [2.75, 3.05) is 18.9 Å². The molecule has 1 aromatic rings. The standard InChI is InChI=1S/C14H20ClN3O/c1-17-14(19)11-7-10(5-6-12(11)15)18-13-4-2-3-9(13)8-16/h5-7,9,13,18H,2-4,8,16H2,1H3,(H,17,19). The van der Waals surface area contributed by atoms with Crippen LogP contribution in [-0.4, -0.2) is 25.5 Å². The molecule has 1 aliphatic rings. The van der Waals surface area contributed by atoms with Crippen molar-refractivity contribution in [3.63, 3.8) is 0 Å². The Hall–Kier alpha value is -1.26. The summed E-state index contributed by atoms with van der Waals surface area (Å²) in [6.45, 7) is 0.702. The highest BCUT2D eigenvalue weighted by molar-refractivity contribution is 6.34. The number of carbonyl (C=O) groups is 1. The summed E-state index contributed by atoms with van der Waals surface area (Å²) in [5, 5.41) is 6.53. The lowest BCUT2D eigenvalue weighted by Crippen LogP contribution is -2.29. The Morgan fingerprint density at radius 1 is 1.47 bits per heavy atom. The summed E-state index contributed by atoms with van der Waals surface area (Å²) in [6.07, 6.45) is 3.50. The second-order valence-electron chi connectivity index (χ2n) is 4.95. The number of anilines is 1. The third-order valence-corrected chi connectivity index (χ3v) is 4.08. The van der Waals surface area contributed by atoms with E-state index in [1.165, 1.54) is 12.8 Å². The van der Waals surface area contributed by atoms with Gasteiger partial charge >= 0.3 is 0 Å². The zero-order valence-corrected chi connectivity index (χ0v) is 11.8. The average Bonchev–Trinajstić information content (AvgIpc) is 2.87. The zero-order chi connectivity index (χ0) is 13.8. The van der Waals surface area contributed by atoms with Crippen molar-refractivity contribution in [3.8, 4) is 0 Å². The maximum atomic E-state index is 11.7. The summed E-state index contributed by atoms with van der Waals surface area (Å²) in [5.41, 5.74) is 7.20. The van der Waals surface area contributed by atoms with Crippen LogP contribution < -0.4 is 16.4 Å². The molecule has 104 valence electrons. The SMILES string of the molecule is CNC(=O)c1cc(NC2CCCC2CN)ccc1Cl. The van der Waals surface area contributed by atoms with E-state index < -0.39 is 0 Å². The predicted octanol–water partition coefficient (Wildman–Crippen LogP) is 2.24. The summed E-state index contributed by atoms with van der Waals surface area (Å²) in [6, 6.07) is 5.85. The average molecular weight is 282 g/mol. The van der Waals surface area contributed by atoms with Gasteiger partial charge in [0.1, 0.15) is 0 Å². The Balaban J connectivity index is 2.15. The first-order valence-electron chi connectivity index (χ1n) is 6.64. The maximum Gasteiger partial charge on any atom is 0.252 e. The fraction of sp³-hybridized carbons (Fsp3) is 0.500. The van der Waals surface area contributed by atoms with Crippen molar-refractivity contribution in [2.24, 2.45) is 11.7 Å². The molecule has 5 heteroatoms. The number of nitrogens with two attached hydrogens (primary N) is 1. The van der Waals surface area contributed by atoms with Crippen molar-refractivity contribution in [1.29, 1.82) is 0 Å². The summed E-state index contributed by atoms with van der Waals surface area (Å²) in [5.74, 6) is 0.342. The van der Waals surface area contributed by atoms with Gasteiger partial charge in [0.05, 0.1) is 10.6 Å². The van der Waals surface area contributed by atoms with Gasteiger partial charge in [0.25, 0.3) is 5.91 Å². The van der Waals surface area contributed by atoms with E-state index in [9.17, 15) is 4.79 Å². The molecule has 0 aliphatic heterocycles. The van der Waals surface area contributed by atoms with Gasteiger partial charge in [0, 0.05) is 18.8 Å². The highest BCUT2D eigenvalue weighted by Gasteiger charge is 2.26. The van der Waals surface area contributed by atoms with Crippen LogP contribution in [0.2, 0.25) is 5.02 Å². The molecule has 1 fully saturated rings.